The first kappa shape index (κ1) is 14.5. The van der Waals surface area contributed by atoms with Crippen molar-refractivity contribution in [2.75, 3.05) is 0 Å². The average Bonchev–Trinajstić information content (AvgIpc) is 2.35. The zero-order chi connectivity index (χ0) is 13.5. The van der Waals surface area contributed by atoms with Gasteiger partial charge in [0.05, 0.1) is 0 Å². The van der Waals surface area contributed by atoms with Crippen LogP contribution in [0.15, 0.2) is 24.3 Å². The molecule has 1 unspecified atom stereocenters. The molecule has 1 nitrogen and oxygen atoms in total. The number of nitrogens with one attached hydrogen (secondary N) is 1. The van der Waals surface area contributed by atoms with Crippen LogP contribution in [0.1, 0.15) is 57.4 Å². The summed E-state index contributed by atoms with van der Waals surface area (Å²) < 4.78 is 12.9. The van der Waals surface area contributed by atoms with Gasteiger partial charge in [0, 0.05) is 12.1 Å². The molecule has 1 saturated carbocycles. The summed E-state index contributed by atoms with van der Waals surface area (Å²) in [4.78, 5) is 0. The van der Waals surface area contributed by atoms with Crippen LogP contribution in [-0.2, 0) is 6.42 Å². The van der Waals surface area contributed by atoms with E-state index in [1.54, 1.807) is 12.1 Å². The summed E-state index contributed by atoms with van der Waals surface area (Å²) >= 11 is 0. The molecule has 1 atom stereocenters. The Morgan fingerprint density at radius 1 is 1.05 bits per heavy atom. The molecule has 1 aliphatic carbocycles. The van der Waals surface area contributed by atoms with Crippen molar-refractivity contribution in [1.29, 1.82) is 0 Å². The predicted molar refractivity (Wildman–Crippen MR) is 78.8 cm³/mol. The van der Waals surface area contributed by atoms with Crippen LogP contribution in [0.5, 0.6) is 0 Å². The van der Waals surface area contributed by atoms with E-state index in [-0.39, 0.29) is 5.82 Å². The molecular weight excluding hydrogens is 237 g/mol. The standard InChI is InChI=1S/C17H26FN/c1-14(13-15-9-11-16(18)12-10-15)19-17-7-5-3-2-4-6-8-17/h9-12,14,17,19H,2-8,13H2,1H3. The van der Waals surface area contributed by atoms with E-state index in [1.165, 1.54) is 50.5 Å². The number of hydrogen-bond donors (Lipinski definition) is 1. The van der Waals surface area contributed by atoms with Crippen molar-refractivity contribution in [1.82, 2.24) is 5.32 Å². The van der Waals surface area contributed by atoms with Gasteiger partial charge in [-0.05, 0) is 43.9 Å². The average molecular weight is 263 g/mol. The molecule has 1 N–H and O–H groups in total. The Labute approximate surface area is 116 Å². The van der Waals surface area contributed by atoms with Crippen molar-refractivity contribution in [3.63, 3.8) is 0 Å². The molecule has 1 aromatic carbocycles. The fraction of sp³-hybridized carbons (Fsp3) is 0.647. The molecular formula is C17H26FN. The summed E-state index contributed by atoms with van der Waals surface area (Å²) in [5, 5.41) is 3.76. The summed E-state index contributed by atoms with van der Waals surface area (Å²) in [7, 11) is 0. The molecule has 0 heterocycles. The Bertz CT molecular complexity index is 352. The molecule has 0 aromatic heterocycles. The Balaban J connectivity index is 1.79. The van der Waals surface area contributed by atoms with Crippen LogP contribution in [-0.4, -0.2) is 12.1 Å². The third kappa shape index (κ3) is 5.32. The number of halogens is 1. The summed E-state index contributed by atoms with van der Waals surface area (Å²) in [5.74, 6) is -0.149. The van der Waals surface area contributed by atoms with Crippen molar-refractivity contribution in [3.8, 4) is 0 Å². The first-order valence-electron chi connectivity index (χ1n) is 7.74. The molecule has 1 aromatic rings. The molecule has 2 heteroatoms. The Kier molecular flexibility index (Phi) is 5.84. The lowest BCUT2D eigenvalue weighted by Gasteiger charge is -2.25. The highest BCUT2D eigenvalue weighted by Gasteiger charge is 2.14. The Morgan fingerprint density at radius 3 is 2.26 bits per heavy atom. The SMILES string of the molecule is CC(Cc1ccc(F)cc1)NC1CCCCCCC1. The van der Waals surface area contributed by atoms with Gasteiger partial charge in [-0.25, -0.2) is 4.39 Å². The maximum absolute atomic E-state index is 12.9. The summed E-state index contributed by atoms with van der Waals surface area (Å²) in [6.45, 7) is 2.24. The topological polar surface area (TPSA) is 12.0 Å². The molecule has 106 valence electrons. The molecule has 19 heavy (non-hydrogen) atoms. The lowest BCUT2D eigenvalue weighted by Crippen LogP contribution is -2.38. The molecule has 2 rings (SSSR count). The smallest absolute Gasteiger partial charge is 0.123 e. The number of rotatable bonds is 4. The fourth-order valence-corrected chi connectivity index (χ4v) is 3.06. The van der Waals surface area contributed by atoms with Gasteiger partial charge in [0.1, 0.15) is 5.82 Å². The minimum atomic E-state index is -0.149. The van der Waals surface area contributed by atoms with Crippen LogP contribution < -0.4 is 5.32 Å². The first-order chi connectivity index (χ1) is 9.24. The second-order valence-corrected chi connectivity index (χ2v) is 5.94. The lowest BCUT2D eigenvalue weighted by atomic mass is 9.95. The van der Waals surface area contributed by atoms with Gasteiger partial charge in [-0.15, -0.1) is 0 Å². The van der Waals surface area contributed by atoms with Crippen LogP contribution >= 0.6 is 0 Å². The van der Waals surface area contributed by atoms with E-state index in [4.69, 9.17) is 0 Å². The van der Waals surface area contributed by atoms with E-state index < -0.39 is 0 Å². The van der Waals surface area contributed by atoms with E-state index in [2.05, 4.69) is 12.2 Å². The lowest BCUT2D eigenvalue weighted by molar-refractivity contribution is 0.358. The zero-order valence-electron chi connectivity index (χ0n) is 12.0. The highest BCUT2D eigenvalue weighted by atomic mass is 19.1. The fourth-order valence-electron chi connectivity index (χ4n) is 3.06. The van der Waals surface area contributed by atoms with Crippen LogP contribution in [0.2, 0.25) is 0 Å². The van der Waals surface area contributed by atoms with Gasteiger partial charge in [0.2, 0.25) is 0 Å². The molecule has 0 aliphatic heterocycles. The second kappa shape index (κ2) is 7.64. The van der Waals surface area contributed by atoms with E-state index in [1.807, 2.05) is 12.1 Å². The minimum absolute atomic E-state index is 0.149. The van der Waals surface area contributed by atoms with Crippen molar-refractivity contribution in [2.24, 2.45) is 0 Å². The molecule has 0 spiro atoms. The summed E-state index contributed by atoms with van der Waals surface area (Å²) in [5.41, 5.74) is 1.22. The van der Waals surface area contributed by atoms with Crippen molar-refractivity contribution >= 4 is 0 Å². The third-order valence-electron chi connectivity index (χ3n) is 4.08. The highest BCUT2D eigenvalue weighted by molar-refractivity contribution is 5.17. The molecule has 1 fully saturated rings. The number of benzene rings is 1. The van der Waals surface area contributed by atoms with Crippen LogP contribution in [0.25, 0.3) is 0 Å². The van der Waals surface area contributed by atoms with Gasteiger partial charge in [-0.3, -0.25) is 0 Å². The maximum atomic E-state index is 12.9. The first-order valence-corrected chi connectivity index (χ1v) is 7.74. The summed E-state index contributed by atoms with van der Waals surface area (Å²) in [6.07, 6.45) is 10.5. The third-order valence-corrected chi connectivity index (χ3v) is 4.08. The van der Waals surface area contributed by atoms with Crippen molar-refractivity contribution < 1.29 is 4.39 Å². The highest BCUT2D eigenvalue weighted by Crippen LogP contribution is 2.18. The quantitative estimate of drug-likeness (QED) is 0.845. The van der Waals surface area contributed by atoms with E-state index in [9.17, 15) is 4.39 Å². The van der Waals surface area contributed by atoms with Crippen LogP contribution in [0, 0.1) is 5.82 Å². The Morgan fingerprint density at radius 2 is 1.63 bits per heavy atom. The number of hydrogen-bond acceptors (Lipinski definition) is 1. The Hall–Kier alpha value is -0.890. The predicted octanol–water partition coefficient (Wildman–Crippen LogP) is 4.46. The second-order valence-electron chi connectivity index (χ2n) is 5.94. The van der Waals surface area contributed by atoms with Gasteiger partial charge in [0.25, 0.3) is 0 Å². The van der Waals surface area contributed by atoms with E-state index in [0.29, 0.717) is 12.1 Å². The summed E-state index contributed by atoms with van der Waals surface area (Å²) in [6, 6.07) is 8.04. The monoisotopic (exact) mass is 263 g/mol. The van der Waals surface area contributed by atoms with Crippen molar-refractivity contribution in [3.05, 3.63) is 35.6 Å². The minimum Gasteiger partial charge on any atom is -0.311 e. The van der Waals surface area contributed by atoms with Crippen molar-refractivity contribution in [2.45, 2.75) is 70.4 Å². The molecule has 0 amide bonds. The molecule has 0 radical (unpaired) electrons. The van der Waals surface area contributed by atoms with Gasteiger partial charge in [0.15, 0.2) is 0 Å². The van der Waals surface area contributed by atoms with E-state index in [0.717, 1.165) is 6.42 Å². The molecule has 0 saturated heterocycles. The van der Waals surface area contributed by atoms with Gasteiger partial charge < -0.3 is 5.32 Å². The van der Waals surface area contributed by atoms with Crippen LogP contribution in [0.3, 0.4) is 0 Å². The van der Waals surface area contributed by atoms with Gasteiger partial charge >= 0.3 is 0 Å². The van der Waals surface area contributed by atoms with Crippen LogP contribution in [0.4, 0.5) is 4.39 Å². The largest absolute Gasteiger partial charge is 0.311 e. The van der Waals surface area contributed by atoms with E-state index >= 15 is 0 Å². The zero-order valence-corrected chi connectivity index (χ0v) is 12.0. The molecule has 1 aliphatic rings. The normalized spacial score (nSPS) is 19.7. The maximum Gasteiger partial charge on any atom is 0.123 e. The molecule has 0 bridgehead atoms. The van der Waals surface area contributed by atoms with Gasteiger partial charge in [-0.1, -0.05) is 44.2 Å². The van der Waals surface area contributed by atoms with Gasteiger partial charge in [-0.2, -0.15) is 0 Å².